The molecule has 1 aromatic carbocycles. The summed E-state index contributed by atoms with van der Waals surface area (Å²) >= 11 is 5.94. The van der Waals surface area contributed by atoms with Crippen LogP contribution in [0.5, 0.6) is 0 Å². The highest BCUT2D eigenvalue weighted by Crippen LogP contribution is 2.20. The van der Waals surface area contributed by atoms with E-state index in [1.54, 1.807) is 11.0 Å². The molecule has 2 amide bonds. The van der Waals surface area contributed by atoms with Gasteiger partial charge in [0.25, 0.3) is 0 Å². The third-order valence-corrected chi connectivity index (χ3v) is 4.11. The predicted octanol–water partition coefficient (Wildman–Crippen LogP) is 3.60. The summed E-state index contributed by atoms with van der Waals surface area (Å²) in [6, 6.07) is 7.44. The lowest BCUT2D eigenvalue weighted by atomic mass is 9.96. The Labute approximate surface area is 148 Å². The first kappa shape index (κ1) is 18.6. The van der Waals surface area contributed by atoms with Gasteiger partial charge in [-0.05, 0) is 51.3 Å². The number of likely N-dealkylation sites (tertiary alicyclic amines) is 1. The Morgan fingerprint density at radius 2 is 1.96 bits per heavy atom. The second-order valence-corrected chi connectivity index (χ2v) is 7.53. The van der Waals surface area contributed by atoms with E-state index in [9.17, 15) is 9.59 Å². The van der Waals surface area contributed by atoms with Crippen molar-refractivity contribution in [1.82, 2.24) is 10.2 Å². The fourth-order valence-corrected chi connectivity index (χ4v) is 2.84. The Kier molecular flexibility index (Phi) is 6.10. The second kappa shape index (κ2) is 7.88. The molecule has 0 spiro atoms. The smallest absolute Gasteiger partial charge is 0.410 e. The quantitative estimate of drug-likeness (QED) is 0.904. The second-order valence-electron chi connectivity index (χ2n) is 7.09. The van der Waals surface area contributed by atoms with E-state index in [1.165, 1.54) is 0 Å². The largest absolute Gasteiger partial charge is 0.444 e. The topological polar surface area (TPSA) is 58.6 Å². The third kappa shape index (κ3) is 5.71. The van der Waals surface area contributed by atoms with E-state index in [2.05, 4.69) is 5.32 Å². The van der Waals surface area contributed by atoms with Gasteiger partial charge in [0.1, 0.15) is 5.60 Å². The summed E-state index contributed by atoms with van der Waals surface area (Å²) in [6.07, 6.45) is 1.00. The van der Waals surface area contributed by atoms with Crippen molar-refractivity contribution in [3.8, 4) is 0 Å². The van der Waals surface area contributed by atoms with Crippen molar-refractivity contribution in [2.45, 2.75) is 45.8 Å². The molecule has 1 aliphatic heterocycles. The molecule has 1 fully saturated rings. The van der Waals surface area contributed by atoms with Crippen LogP contribution in [0.2, 0.25) is 5.02 Å². The van der Waals surface area contributed by atoms with E-state index < -0.39 is 5.60 Å². The molecule has 0 radical (unpaired) electrons. The summed E-state index contributed by atoms with van der Waals surface area (Å²) in [7, 11) is 0. The molecular weight excluding hydrogens is 328 g/mol. The van der Waals surface area contributed by atoms with Crippen LogP contribution in [0.15, 0.2) is 24.3 Å². The summed E-state index contributed by atoms with van der Waals surface area (Å²) in [5, 5.41) is 3.61. The lowest BCUT2D eigenvalue weighted by Crippen LogP contribution is -2.44. The Morgan fingerprint density at radius 3 is 2.54 bits per heavy atom. The Bertz CT molecular complexity index is 590. The van der Waals surface area contributed by atoms with Gasteiger partial charge >= 0.3 is 6.09 Å². The van der Waals surface area contributed by atoms with Gasteiger partial charge in [0.2, 0.25) is 5.91 Å². The van der Waals surface area contributed by atoms with Crippen LogP contribution in [0, 0.1) is 5.92 Å². The molecule has 5 nitrogen and oxygen atoms in total. The number of hydrogen-bond donors (Lipinski definition) is 1. The van der Waals surface area contributed by atoms with Crippen molar-refractivity contribution in [1.29, 1.82) is 0 Å². The summed E-state index contributed by atoms with van der Waals surface area (Å²) < 4.78 is 5.36. The number of amides is 2. The Hall–Kier alpha value is -1.75. The maximum absolute atomic E-state index is 12.3. The van der Waals surface area contributed by atoms with Gasteiger partial charge in [0.05, 0.1) is 0 Å². The highest BCUT2D eigenvalue weighted by molar-refractivity contribution is 6.30. The van der Waals surface area contributed by atoms with Crippen molar-refractivity contribution in [2.24, 2.45) is 5.92 Å². The highest BCUT2D eigenvalue weighted by atomic mass is 35.5. The molecule has 6 heteroatoms. The lowest BCUT2D eigenvalue weighted by molar-refractivity contribution is -0.126. The van der Waals surface area contributed by atoms with Crippen molar-refractivity contribution >= 4 is 23.6 Å². The van der Waals surface area contributed by atoms with Gasteiger partial charge in [0.15, 0.2) is 0 Å². The van der Waals surface area contributed by atoms with Crippen molar-refractivity contribution in [3.05, 3.63) is 34.9 Å². The molecule has 1 heterocycles. The number of hydrogen-bond acceptors (Lipinski definition) is 3. The van der Waals surface area contributed by atoms with Crippen LogP contribution in [0.4, 0.5) is 4.79 Å². The Morgan fingerprint density at radius 1 is 1.29 bits per heavy atom. The van der Waals surface area contributed by atoms with Gasteiger partial charge in [-0.3, -0.25) is 4.79 Å². The van der Waals surface area contributed by atoms with Gasteiger partial charge in [-0.2, -0.15) is 0 Å². The number of carbonyl (C=O) groups is 2. The van der Waals surface area contributed by atoms with E-state index in [-0.39, 0.29) is 17.9 Å². The number of halogens is 1. The zero-order chi connectivity index (χ0) is 17.7. The van der Waals surface area contributed by atoms with Crippen LogP contribution in [-0.4, -0.2) is 35.6 Å². The van der Waals surface area contributed by atoms with Crippen LogP contribution in [0.3, 0.4) is 0 Å². The molecule has 0 unspecified atom stereocenters. The van der Waals surface area contributed by atoms with Gasteiger partial charge in [-0.25, -0.2) is 4.79 Å². The molecular formula is C18H25ClN2O3. The van der Waals surface area contributed by atoms with Crippen LogP contribution in [0.25, 0.3) is 0 Å². The number of piperidine rings is 1. The fourth-order valence-electron chi connectivity index (χ4n) is 2.63. The monoisotopic (exact) mass is 352 g/mol. The van der Waals surface area contributed by atoms with Gasteiger partial charge in [-0.1, -0.05) is 23.7 Å². The minimum atomic E-state index is -0.498. The standard InChI is InChI=1S/C18H25ClN2O3/c1-18(2,3)24-17(23)21-9-7-14(8-10-21)16(22)20-12-13-5-4-6-15(19)11-13/h4-6,11,14H,7-10,12H2,1-3H3,(H,20,22). The fraction of sp³-hybridized carbons (Fsp3) is 0.556. The van der Waals surface area contributed by atoms with Crippen molar-refractivity contribution in [2.75, 3.05) is 13.1 Å². The first-order chi connectivity index (χ1) is 11.2. The normalized spacial score (nSPS) is 15.9. The molecule has 0 aliphatic carbocycles. The summed E-state index contributed by atoms with van der Waals surface area (Å²) in [6.45, 7) is 7.10. The SMILES string of the molecule is CC(C)(C)OC(=O)N1CCC(C(=O)NCc2cccc(Cl)c2)CC1. The van der Waals surface area contributed by atoms with Crippen molar-refractivity contribution < 1.29 is 14.3 Å². The zero-order valence-electron chi connectivity index (χ0n) is 14.5. The minimum Gasteiger partial charge on any atom is -0.444 e. The molecule has 132 valence electrons. The van der Waals surface area contributed by atoms with Crippen LogP contribution in [0.1, 0.15) is 39.2 Å². The first-order valence-corrected chi connectivity index (χ1v) is 8.62. The average molecular weight is 353 g/mol. The van der Waals surface area contributed by atoms with Gasteiger partial charge in [-0.15, -0.1) is 0 Å². The summed E-state index contributed by atoms with van der Waals surface area (Å²) in [5.74, 6) is -0.0401. The first-order valence-electron chi connectivity index (χ1n) is 8.25. The maximum Gasteiger partial charge on any atom is 0.410 e. The summed E-state index contributed by atoms with van der Waals surface area (Å²) in [4.78, 5) is 26.0. The van der Waals surface area contributed by atoms with Crippen molar-refractivity contribution in [3.63, 3.8) is 0 Å². The molecule has 1 aromatic rings. The van der Waals surface area contributed by atoms with E-state index in [4.69, 9.17) is 16.3 Å². The number of ether oxygens (including phenoxy) is 1. The van der Waals surface area contributed by atoms with Gasteiger partial charge in [0, 0.05) is 30.6 Å². The molecule has 24 heavy (non-hydrogen) atoms. The molecule has 2 rings (SSSR count). The molecule has 0 bridgehead atoms. The van der Waals surface area contributed by atoms with Gasteiger partial charge < -0.3 is 15.0 Å². The number of nitrogens with one attached hydrogen (secondary N) is 1. The van der Waals surface area contributed by atoms with E-state index in [1.807, 2.05) is 39.0 Å². The van der Waals surface area contributed by atoms with Crippen LogP contribution in [-0.2, 0) is 16.1 Å². The molecule has 1 saturated heterocycles. The van der Waals surface area contributed by atoms with E-state index >= 15 is 0 Å². The Balaban J connectivity index is 1.77. The number of benzene rings is 1. The molecule has 1 N–H and O–H groups in total. The number of nitrogens with zero attached hydrogens (tertiary/aromatic N) is 1. The predicted molar refractivity (Wildman–Crippen MR) is 93.8 cm³/mol. The van der Waals surface area contributed by atoms with Crippen LogP contribution < -0.4 is 5.32 Å². The molecule has 1 aliphatic rings. The average Bonchev–Trinajstić information content (AvgIpc) is 2.51. The van der Waals surface area contributed by atoms with E-state index in [0.717, 1.165) is 5.56 Å². The minimum absolute atomic E-state index is 0.0267. The lowest BCUT2D eigenvalue weighted by Gasteiger charge is -2.32. The molecule has 0 aromatic heterocycles. The summed E-state index contributed by atoms with van der Waals surface area (Å²) in [5.41, 5.74) is 0.476. The van der Waals surface area contributed by atoms with E-state index in [0.29, 0.717) is 37.5 Å². The number of carbonyl (C=O) groups excluding carboxylic acids is 2. The zero-order valence-corrected chi connectivity index (χ0v) is 15.2. The molecule has 0 atom stereocenters. The molecule has 0 saturated carbocycles. The van der Waals surface area contributed by atoms with Crippen LogP contribution >= 0.6 is 11.6 Å². The number of rotatable bonds is 3. The third-order valence-electron chi connectivity index (χ3n) is 3.87. The maximum atomic E-state index is 12.3. The highest BCUT2D eigenvalue weighted by Gasteiger charge is 2.29.